The molecule has 2 heterocycles. The van der Waals surface area contributed by atoms with E-state index in [-0.39, 0.29) is 0 Å². The fourth-order valence-electron chi connectivity index (χ4n) is 2.39. The predicted molar refractivity (Wildman–Crippen MR) is 89.2 cm³/mol. The average Bonchev–Trinajstić information content (AvgIpc) is 2.81. The van der Waals surface area contributed by atoms with Crippen molar-refractivity contribution in [3.05, 3.63) is 57.0 Å². The predicted octanol–water partition coefficient (Wildman–Crippen LogP) is 4.37. The summed E-state index contributed by atoms with van der Waals surface area (Å²) >= 11 is 9.05. The van der Waals surface area contributed by atoms with Crippen LogP contribution in [0.4, 0.5) is 0 Å². The lowest BCUT2D eigenvalue weighted by Crippen LogP contribution is -2.02. The molecule has 3 rings (SSSR count). The van der Waals surface area contributed by atoms with Crippen molar-refractivity contribution >= 4 is 28.1 Å². The van der Waals surface area contributed by atoms with Gasteiger partial charge in [-0.3, -0.25) is 14.6 Å². The van der Waals surface area contributed by atoms with E-state index in [1.54, 1.807) is 12.4 Å². The third-order valence-corrected chi connectivity index (χ3v) is 4.11. The second-order valence-electron chi connectivity index (χ2n) is 4.84. The highest BCUT2D eigenvalue weighted by molar-refractivity contribution is 9.10. The number of aromatic amines is 1. The molecule has 0 spiro atoms. The zero-order valence-electron chi connectivity index (χ0n) is 11.6. The van der Waals surface area contributed by atoms with E-state index >= 15 is 0 Å². The smallest absolute Gasteiger partial charge is 0.200 e. The summed E-state index contributed by atoms with van der Waals surface area (Å²) in [5.74, 6) is 0.773. The number of aryl methyl sites for hydroxylation is 2. The Morgan fingerprint density at radius 3 is 2.57 bits per heavy atom. The molecule has 4 nitrogen and oxygen atoms in total. The van der Waals surface area contributed by atoms with Crippen molar-refractivity contribution in [1.82, 2.24) is 19.7 Å². The standard InChI is InChI=1S/C15H13BrN4S/c1-9-7-10(2)13(12(16)8-9)20-14(18-19-15(20)21)11-3-5-17-6-4-11/h3-8H,1-2H3,(H,19,21). The summed E-state index contributed by atoms with van der Waals surface area (Å²) in [6.07, 6.45) is 3.49. The average molecular weight is 361 g/mol. The van der Waals surface area contributed by atoms with Gasteiger partial charge in [-0.05, 0) is 71.3 Å². The van der Waals surface area contributed by atoms with Crippen LogP contribution in [0.3, 0.4) is 0 Å². The number of nitrogens with one attached hydrogen (secondary N) is 1. The first-order chi connectivity index (χ1) is 10.1. The molecular weight excluding hydrogens is 348 g/mol. The molecule has 0 aliphatic heterocycles. The molecule has 0 radical (unpaired) electrons. The maximum atomic E-state index is 5.42. The lowest BCUT2D eigenvalue weighted by Gasteiger charge is -2.13. The van der Waals surface area contributed by atoms with Crippen LogP contribution in [0.2, 0.25) is 0 Å². The Bertz CT molecular complexity index is 829. The lowest BCUT2D eigenvalue weighted by atomic mass is 10.1. The highest BCUT2D eigenvalue weighted by atomic mass is 79.9. The van der Waals surface area contributed by atoms with Crippen LogP contribution in [-0.4, -0.2) is 19.7 Å². The molecule has 0 saturated heterocycles. The molecule has 1 N–H and O–H groups in total. The molecule has 0 bridgehead atoms. The van der Waals surface area contributed by atoms with Crippen molar-refractivity contribution in [2.75, 3.05) is 0 Å². The second kappa shape index (κ2) is 5.54. The molecule has 0 unspecified atom stereocenters. The molecule has 0 aliphatic rings. The van der Waals surface area contributed by atoms with Gasteiger partial charge in [0.15, 0.2) is 10.6 Å². The fourth-order valence-corrected chi connectivity index (χ4v) is 3.46. The monoisotopic (exact) mass is 360 g/mol. The first kappa shape index (κ1) is 14.2. The number of rotatable bonds is 2. The Labute approximate surface area is 136 Å². The van der Waals surface area contributed by atoms with Crippen molar-refractivity contribution in [2.24, 2.45) is 0 Å². The van der Waals surface area contributed by atoms with Gasteiger partial charge in [0.1, 0.15) is 0 Å². The second-order valence-corrected chi connectivity index (χ2v) is 6.08. The summed E-state index contributed by atoms with van der Waals surface area (Å²) in [6, 6.07) is 8.04. The number of nitrogens with zero attached hydrogens (tertiary/aromatic N) is 3. The minimum atomic E-state index is 0.564. The SMILES string of the molecule is Cc1cc(C)c(-n2c(-c3ccncc3)n[nH]c2=S)c(Br)c1. The maximum absolute atomic E-state index is 5.42. The van der Waals surface area contributed by atoms with Crippen LogP contribution in [0.15, 0.2) is 41.1 Å². The molecule has 0 saturated carbocycles. The highest BCUT2D eigenvalue weighted by Gasteiger charge is 2.15. The lowest BCUT2D eigenvalue weighted by molar-refractivity contribution is 1.01. The van der Waals surface area contributed by atoms with Gasteiger partial charge in [0.2, 0.25) is 0 Å². The van der Waals surface area contributed by atoms with Crippen LogP contribution >= 0.6 is 28.1 Å². The van der Waals surface area contributed by atoms with Gasteiger partial charge in [0.05, 0.1) is 5.69 Å². The summed E-state index contributed by atoms with van der Waals surface area (Å²) in [5.41, 5.74) is 4.30. The Hall–Kier alpha value is -1.79. The van der Waals surface area contributed by atoms with Gasteiger partial charge in [-0.2, -0.15) is 5.10 Å². The van der Waals surface area contributed by atoms with E-state index in [1.807, 2.05) is 16.7 Å². The molecule has 21 heavy (non-hydrogen) atoms. The van der Waals surface area contributed by atoms with Gasteiger partial charge in [-0.25, -0.2) is 0 Å². The van der Waals surface area contributed by atoms with Crippen molar-refractivity contribution in [3.63, 3.8) is 0 Å². The normalized spacial score (nSPS) is 10.8. The van der Waals surface area contributed by atoms with Crippen molar-refractivity contribution in [1.29, 1.82) is 0 Å². The molecular formula is C15H13BrN4S. The van der Waals surface area contributed by atoms with Crippen LogP contribution in [-0.2, 0) is 0 Å². The number of H-pyrrole nitrogens is 1. The molecule has 1 aromatic carbocycles. The Morgan fingerprint density at radius 2 is 1.90 bits per heavy atom. The van der Waals surface area contributed by atoms with Gasteiger partial charge in [0, 0.05) is 22.4 Å². The van der Waals surface area contributed by atoms with Crippen LogP contribution in [0.25, 0.3) is 17.1 Å². The molecule has 3 aromatic rings. The topological polar surface area (TPSA) is 46.5 Å². The van der Waals surface area contributed by atoms with Crippen molar-refractivity contribution in [2.45, 2.75) is 13.8 Å². The van der Waals surface area contributed by atoms with E-state index in [0.717, 1.165) is 27.1 Å². The first-order valence-electron chi connectivity index (χ1n) is 6.43. The molecule has 106 valence electrons. The van der Waals surface area contributed by atoms with Gasteiger partial charge < -0.3 is 0 Å². The Morgan fingerprint density at radius 1 is 1.19 bits per heavy atom. The zero-order chi connectivity index (χ0) is 15.0. The number of hydrogen-bond acceptors (Lipinski definition) is 3. The van der Waals surface area contributed by atoms with Crippen molar-refractivity contribution in [3.8, 4) is 17.1 Å². The number of halogens is 1. The quantitative estimate of drug-likeness (QED) is 0.690. The van der Waals surface area contributed by atoms with Gasteiger partial charge >= 0.3 is 0 Å². The van der Waals surface area contributed by atoms with Crippen LogP contribution < -0.4 is 0 Å². The van der Waals surface area contributed by atoms with E-state index < -0.39 is 0 Å². The summed E-state index contributed by atoms with van der Waals surface area (Å²) in [6.45, 7) is 4.14. The molecule has 0 aliphatic carbocycles. The number of hydrogen-bond donors (Lipinski definition) is 1. The minimum absolute atomic E-state index is 0.564. The van der Waals surface area contributed by atoms with E-state index in [1.165, 1.54) is 5.56 Å². The summed E-state index contributed by atoms with van der Waals surface area (Å²) in [7, 11) is 0. The van der Waals surface area contributed by atoms with Crippen LogP contribution in [0.5, 0.6) is 0 Å². The zero-order valence-corrected chi connectivity index (χ0v) is 14.0. The number of pyridine rings is 1. The Balaban J connectivity index is 2.30. The summed E-state index contributed by atoms with van der Waals surface area (Å²) in [5, 5.41) is 7.24. The number of benzene rings is 1. The van der Waals surface area contributed by atoms with E-state index in [4.69, 9.17) is 12.2 Å². The summed E-state index contributed by atoms with van der Waals surface area (Å²) in [4.78, 5) is 4.04. The van der Waals surface area contributed by atoms with Crippen LogP contribution in [0, 0.1) is 18.6 Å². The molecule has 0 fully saturated rings. The summed E-state index contributed by atoms with van der Waals surface area (Å²) < 4.78 is 3.51. The molecule has 2 aromatic heterocycles. The number of aromatic nitrogens is 4. The van der Waals surface area contributed by atoms with E-state index in [2.05, 4.69) is 57.1 Å². The molecule has 6 heteroatoms. The largest absolute Gasteiger partial charge is 0.267 e. The van der Waals surface area contributed by atoms with E-state index in [0.29, 0.717) is 4.77 Å². The third kappa shape index (κ3) is 2.56. The maximum Gasteiger partial charge on any atom is 0.200 e. The third-order valence-electron chi connectivity index (χ3n) is 3.23. The van der Waals surface area contributed by atoms with Gasteiger partial charge in [0.25, 0.3) is 0 Å². The van der Waals surface area contributed by atoms with E-state index in [9.17, 15) is 0 Å². The highest BCUT2D eigenvalue weighted by Crippen LogP contribution is 2.30. The fraction of sp³-hybridized carbons (Fsp3) is 0.133. The van der Waals surface area contributed by atoms with Gasteiger partial charge in [-0.15, -0.1) is 0 Å². The first-order valence-corrected chi connectivity index (χ1v) is 7.63. The Kier molecular flexibility index (Phi) is 3.73. The molecule has 0 amide bonds. The van der Waals surface area contributed by atoms with Crippen LogP contribution in [0.1, 0.15) is 11.1 Å². The van der Waals surface area contributed by atoms with Gasteiger partial charge in [-0.1, -0.05) is 6.07 Å². The molecule has 0 atom stereocenters. The minimum Gasteiger partial charge on any atom is -0.267 e. The van der Waals surface area contributed by atoms with Crippen molar-refractivity contribution < 1.29 is 0 Å².